The molecule has 1 fully saturated rings. The molecule has 0 radical (unpaired) electrons. The van der Waals surface area contributed by atoms with Gasteiger partial charge in [-0.3, -0.25) is 10.2 Å². The predicted molar refractivity (Wildman–Crippen MR) is 153 cm³/mol. The van der Waals surface area contributed by atoms with Gasteiger partial charge < -0.3 is 15.4 Å². The fourth-order valence-corrected chi connectivity index (χ4v) is 5.21. The number of nitrogens with two attached hydrogens (primary N) is 1. The Morgan fingerprint density at radius 1 is 1.14 bits per heavy atom. The molecule has 1 aromatic heterocycles. The number of hydrogen-bond donors (Lipinski definition) is 2. The molecule has 0 saturated carbocycles. The number of rotatable bonds is 11. The highest BCUT2D eigenvalue weighted by Crippen LogP contribution is 2.27. The molecule has 7 nitrogen and oxygen atoms in total. The summed E-state index contributed by atoms with van der Waals surface area (Å²) < 4.78 is 6.53. The summed E-state index contributed by atoms with van der Waals surface area (Å²) in [6, 6.07) is 18.0. The number of carbonyl (C=O) groups is 1. The number of morpholine rings is 1. The van der Waals surface area contributed by atoms with Gasteiger partial charge in [-0.25, -0.2) is 9.78 Å². The van der Waals surface area contributed by atoms with E-state index in [-0.39, 0.29) is 11.9 Å². The number of nitrogens with one attached hydrogen (secondary N) is 1. The van der Waals surface area contributed by atoms with Gasteiger partial charge in [0.1, 0.15) is 0 Å². The first kappa shape index (κ1) is 26.6. The van der Waals surface area contributed by atoms with Gasteiger partial charge in [0.15, 0.2) is 5.13 Å². The molecule has 8 heteroatoms. The molecule has 1 saturated heterocycles. The Morgan fingerprint density at radius 3 is 2.65 bits per heavy atom. The van der Waals surface area contributed by atoms with Crippen LogP contribution in [-0.2, 0) is 4.74 Å². The van der Waals surface area contributed by atoms with Crippen LogP contribution >= 0.6 is 11.3 Å². The van der Waals surface area contributed by atoms with Gasteiger partial charge in [-0.1, -0.05) is 78.6 Å². The number of benzene rings is 2. The SMILES string of the molecule is C=C/C=C\C=C(/N)C(CCN(CCN1CCOCC1)C(=O)Nc1nc2ccccc2s1)c1ccccc1. The summed E-state index contributed by atoms with van der Waals surface area (Å²) in [5.41, 5.74) is 9.30. The number of hydrogen-bond acceptors (Lipinski definition) is 6. The van der Waals surface area contributed by atoms with E-state index >= 15 is 0 Å². The van der Waals surface area contributed by atoms with Crippen LogP contribution in [0.25, 0.3) is 10.2 Å². The van der Waals surface area contributed by atoms with E-state index in [9.17, 15) is 4.79 Å². The molecule has 0 aliphatic carbocycles. The molecule has 3 N–H and O–H groups in total. The molecule has 2 amide bonds. The lowest BCUT2D eigenvalue weighted by molar-refractivity contribution is 0.0351. The minimum absolute atomic E-state index is 0.0168. The van der Waals surface area contributed by atoms with E-state index in [0.29, 0.717) is 24.6 Å². The van der Waals surface area contributed by atoms with Crippen molar-refractivity contribution in [1.82, 2.24) is 14.8 Å². The summed E-state index contributed by atoms with van der Waals surface area (Å²) in [5, 5.41) is 3.64. The standard InChI is InChI=1S/C29H35N5O2S/c1-2-3-5-12-25(30)24(23-10-6-4-7-11-23)15-16-34(18-17-33-19-21-36-22-20-33)29(35)32-28-31-26-13-8-9-14-27(26)37-28/h2-14,24H,1,15-22,30H2,(H,31,32,35)/b5-3-,25-12-. The summed E-state index contributed by atoms with van der Waals surface area (Å²) in [5.74, 6) is -0.0168. The van der Waals surface area contributed by atoms with Crippen molar-refractivity contribution in [3.8, 4) is 0 Å². The van der Waals surface area contributed by atoms with E-state index < -0.39 is 0 Å². The highest BCUT2D eigenvalue weighted by molar-refractivity contribution is 7.22. The second-order valence-corrected chi connectivity index (χ2v) is 9.93. The highest BCUT2D eigenvalue weighted by atomic mass is 32.1. The average molecular weight is 518 g/mol. The van der Waals surface area contributed by atoms with Crippen molar-refractivity contribution in [1.29, 1.82) is 0 Å². The largest absolute Gasteiger partial charge is 0.402 e. The van der Waals surface area contributed by atoms with Crippen LogP contribution in [0.3, 0.4) is 0 Å². The van der Waals surface area contributed by atoms with Crippen molar-refractivity contribution < 1.29 is 9.53 Å². The molecular formula is C29H35N5O2S. The molecular weight excluding hydrogens is 482 g/mol. The Labute approximate surface area is 222 Å². The lowest BCUT2D eigenvalue weighted by Crippen LogP contribution is -2.44. The fourth-order valence-electron chi connectivity index (χ4n) is 4.36. The van der Waals surface area contributed by atoms with Crippen LogP contribution in [0.4, 0.5) is 9.93 Å². The zero-order chi connectivity index (χ0) is 25.9. The summed E-state index contributed by atoms with van der Waals surface area (Å²) in [7, 11) is 0. The number of anilines is 1. The lowest BCUT2D eigenvalue weighted by atomic mass is 9.92. The molecule has 1 aliphatic heterocycles. The molecule has 0 bridgehead atoms. The second kappa shape index (κ2) is 13.7. The van der Waals surface area contributed by atoms with Crippen LogP contribution in [0.5, 0.6) is 0 Å². The lowest BCUT2D eigenvalue weighted by Gasteiger charge is -2.31. The molecule has 2 heterocycles. The van der Waals surface area contributed by atoms with Gasteiger partial charge >= 0.3 is 6.03 Å². The number of thiazole rings is 1. The van der Waals surface area contributed by atoms with Gasteiger partial charge in [0.2, 0.25) is 0 Å². The molecule has 1 atom stereocenters. The minimum atomic E-state index is -0.145. The van der Waals surface area contributed by atoms with Crippen molar-refractivity contribution in [2.75, 3.05) is 51.3 Å². The molecule has 4 rings (SSSR count). The smallest absolute Gasteiger partial charge is 0.323 e. The predicted octanol–water partition coefficient (Wildman–Crippen LogP) is 5.22. The Morgan fingerprint density at radius 2 is 1.89 bits per heavy atom. The third-order valence-corrected chi connectivity index (χ3v) is 7.36. The van der Waals surface area contributed by atoms with Crippen LogP contribution in [-0.4, -0.2) is 66.8 Å². The summed E-state index contributed by atoms with van der Waals surface area (Å²) in [6.07, 6.45) is 8.09. The van der Waals surface area contributed by atoms with Gasteiger partial charge in [0, 0.05) is 44.3 Å². The van der Waals surface area contributed by atoms with Crippen molar-refractivity contribution >= 4 is 32.7 Å². The third-order valence-electron chi connectivity index (χ3n) is 6.41. The van der Waals surface area contributed by atoms with E-state index in [0.717, 1.165) is 54.3 Å². The van der Waals surface area contributed by atoms with Crippen molar-refractivity contribution in [2.24, 2.45) is 5.73 Å². The molecule has 37 heavy (non-hydrogen) atoms. The number of urea groups is 1. The summed E-state index contributed by atoms with van der Waals surface area (Å²) >= 11 is 1.49. The number of ether oxygens (including phenoxy) is 1. The topological polar surface area (TPSA) is 83.7 Å². The van der Waals surface area contributed by atoms with Gasteiger partial charge in [0.05, 0.1) is 23.4 Å². The Balaban J connectivity index is 1.49. The Bertz CT molecular complexity index is 1180. The average Bonchev–Trinajstić information content (AvgIpc) is 3.34. The maximum atomic E-state index is 13.5. The van der Waals surface area contributed by atoms with Crippen molar-refractivity contribution in [3.63, 3.8) is 0 Å². The van der Waals surface area contributed by atoms with E-state index in [1.54, 1.807) is 6.08 Å². The number of aromatic nitrogens is 1. The van der Waals surface area contributed by atoms with Crippen molar-refractivity contribution in [2.45, 2.75) is 12.3 Å². The monoisotopic (exact) mass is 517 g/mol. The molecule has 2 aromatic carbocycles. The first-order valence-electron chi connectivity index (χ1n) is 12.7. The maximum Gasteiger partial charge on any atom is 0.323 e. The van der Waals surface area contributed by atoms with Crippen molar-refractivity contribution in [3.05, 3.63) is 96.7 Å². The Hall–Kier alpha value is -3.46. The quantitative estimate of drug-likeness (QED) is 0.341. The van der Waals surface area contributed by atoms with Crippen LogP contribution in [0.15, 0.2) is 91.2 Å². The van der Waals surface area contributed by atoms with Crippen LogP contribution < -0.4 is 11.1 Å². The number of carbonyl (C=O) groups excluding carboxylic acids is 1. The molecule has 0 spiro atoms. The van der Waals surface area contributed by atoms with E-state index in [2.05, 4.69) is 33.9 Å². The van der Waals surface area contributed by atoms with E-state index in [4.69, 9.17) is 10.5 Å². The van der Waals surface area contributed by atoms with Gasteiger partial charge in [-0.15, -0.1) is 0 Å². The van der Waals surface area contributed by atoms with E-state index in [1.807, 2.05) is 65.6 Å². The fraction of sp³-hybridized carbons (Fsp3) is 0.310. The maximum absolute atomic E-state index is 13.5. The number of fused-ring (bicyclic) bond motifs is 1. The van der Waals surface area contributed by atoms with Crippen LogP contribution in [0.1, 0.15) is 17.9 Å². The summed E-state index contributed by atoms with van der Waals surface area (Å²) in [4.78, 5) is 22.3. The third kappa shape index (κ3) is 7.76. The number of allylic oxidation sites excluding steroid dienone is 5. The molecule has 3 aromatic rings. The van der Waals surface area contributed by atoms with Crippen LogP contribution in [0.2, 0.25) is 0 Å². The minimum Gasteiger partial charge on any atom is -0.402 e. The first-order chi connectivity index (χ1) is 18.1. The van der Waals surface area contributed by atoms with Crippen LogP contribution in [0, 0.1) is 0 Å². The normalized spacial score (nSPS) is 15.6. The van der Waals surface area contributed by atoms with Gasteiger partial charge in [-0.05, 0) is 30.2 Å². The van der Waals surface area contributed by atoms with Gasteiger partial charge in [0.25, 0.3) is 0 Å². The Kier molecular flexibility index (Phi) is 9.88. The second-order valence-electron chi connectivity index (χ2n) is 8.90. The number of nitrogens with zero attached hydrogens (tertiary/aromatic N) is 3. The molecule has 1 unspecified atom stereocenters. The molecule has 194 valence electrons. The number of para-hydroxylation sites is 1. The first-order valence-corrected chi connectivity index (χ1v) is 13.5. The van der Waals surface area contributed by atoms with Gasteiger partial charge in [-0.2, -0.15) is 0 Å². The molecule has 1 aliphatic rings. The number of amides is 2. The zero-order valence-electron chi connectivity index (χ0n) is 21.1. The highest BCUT2D eigenvalue weighted by Gasteiger charge is 2.21. The summed E-state index contributed by atoms with van der Waals surface area (Å²) in [6.45, 7) is 8.90. The van der Waals surface area contributed by atoms with E-state index in [1.165, 1.54) is 11.3 Å². The zero-order valence-corrected chi connectivity index (χ0v) is 21.9.